The van der Waals surface area contributed by atoms with Crippen molar-refractivity contribution in [2.24, 2.45) is 0 Å². The van der Waals surface area contributed by atoms with Gasteiger partial charge in [0.25, 0.3) is 5.91 Å². The summed E-state index contributed by atoms with van der Waals surface area (Å²) < 4.78 is 0. The molecule has 3 aromatic heterocycles. The fraction of sp³-hybridized carbons (Fsp3) is 0.333. The third kappa shape index (κ3) is 5.59. The Morgan fingerprint density at radius 2 is 1.92 bits per heavy atom. The summed E-state index contributed by atoms with van der Waals surface area (Å²) in [6, 6.07) is 12.5. The summed E-state index contributed by atoms with van der Waals surface area (Å²) in [4.78, 5) is 35.7. The van der Waals surface area contributed by atoms with Crippen molar-refractivity contribution in [1.29, 1.82) is 0 Å². The number of rotatable bonds is 8. The summed E-state index contributed by atoms with van der Waals surface area (Å²) in [5.74, 6) is -0.0591. The average Bonchev–Trinajstić information content (AvgIpc) is 3.68. The van der Waals surface area contributed by atoms with E-state index in [1.807, 2.05) is 49.6 Å². The number of aryl methyl sites for hydroxylation is 2. The molecule has 1 atom stereocenters. The Labute approximate surface area is 219 Å². The van der Waals surface area contributed by atoms with Gasteiger partial charge in [-0.1, -0.05) is 31.0 Å². The molecule has 3 heterocycles. The van der Waals surface area contributed by atoms with Gasteiger partial charge in [-0.05, 0) is 78.2 Å². The predicted molar refractivity (Wildman–Crippen MR) is 142 cm³/mol. The minimum atomic E-state index is -0.878. The molecule has 1 aliphatic rings. The minimum Gasteiger partial charge on any atom is -0.351 e. The molecule has 0 unspecified atom stereocenters. The van der Waals surface area contributed by atoms with Crippen LogP contribution in [0, 0.1) is 13.8 Å². The number of nitrogens with one attached hydrogen (secondary N) is 1. The van der Waals surface area contributed by atoms with Crippen LogP contribution in [-0.4, -0.2) is 43.0 Å². The predicted octanol–water partition coefficient (Wildman–Crippen LogP) is 4.25. The van der Waals surface area contributed by atoms with Crippen LogP contribution in [0.1, 0.15) is 48.4 Å². The van der Waals surface area contributed by atoms with Gasteiger partial charge in [0, 0.05) is 24.1 Å². The third-order valence-electron chi connectivity index (χ3n) is 6.59. The van der Waals surface area contributed by atoms with Crippen molar-refractivity contribution in [3.8, 4) is 10.7 Å². The number of thiophene rings is 1. The molecule has 0 bridgehead atoms. The zero-order chi connectivity index (χ0) is 25.8. The average molecular weight is 516 g/mol. The molecule has 1 aliphatic carbocycles. The number of aromatic nitrogens is 5. The van der Waals surface area contributed by atoms with Crippen molar-refractivity contribution < 1.29 is 9.59 Å². The van der Waals surface area contributed by atoms with Crippen molar-refractivity contribution in [3.63, 3.8) is 0 Å². The van der Waals surface area contributed by atoms with Crippen LogP contribution in [0.2, 0.25) is 0 Å². The maximum atomic E-state index is 14.0. The Bertz CT molecular complexity index is 1360. The van der Waals surface area contributed by atoms with Gasteiger partial charge < -0.3 is 5.32 Å². The van der Waals surface area contributed by atoms with Crippen molar-refractivity contribution in [2.45, 2.75) is 58.2 Å². The topological polar surface area (TPSA) is 106 Å². The summed E-state index contributed by atoms with van der Waals surface area (Å²) in [7, 11) is 0. The van der Waals surface area contributed by atoms with E-state index in [1.54, 1.807) is 29.4 Å². The highest BCUT2D eigenvalue weighted by atomic mass is 32.1. The smallest absolute Gasteiger partial charge is 0.251 e. The Balaban J connectivity index is 1.53. The van der Waals surface area contributed by atoms with Crippen LogP contribution >= 0.6 is 11.3 Å². The molecule has 190 valence electrons. The van der Waals surface area contributed by atoms with E-state index in [0.717, 1.165) is 41.7 Å². The Hall–Kier alpha value is -3.92. The van der Waals surface area contributed by atoms with Gasteiger partial charge in [0.15, 0.2) is 0 Å². The Morgan fingerprint density at radius 1 is 1.14 bits per heavy atom. The lowest BCUT2D eigenvalue weighted by Crippen LogP contribution is -2.47. The van der Waals surface area contributed by atoms with Crippen molar-refractivity contribution in [2.75, 3.05) is 4.90 Å². The lowest BCUT2D eigenvalue weighted by Gasteiger charge is -2.33. The van der Waals surface area contributed by atoms with Crippen LogP contribution in [-0.2, 0) is 16.1 Å². The number of benzene rings is 1. The first-order valence-corrected chi connectivity index (χ1v) is 13.3. The lowest BCUT2D eigenvalue weighted by molar-refractivity contribution is -0.127. The number of tetrazole rings is 1. The van der Waals surface area contributed by atoms with Crippen LogP contribution in [0.25, 0.3) is 10.7 Å². The summed E-state index contributed by atoms with van der Waals surface area (Å²) in [5.41, 5.74) is 3.23. The van der Waals surface area contributed by atoms with Gasteiger partial charge in [-0.25, -0.2) is 0 Å². The van der Waals surface area contributed by atoms with E-state index in [-0.39, 0.29) is 24.4 Å². The number of carbonyl (C=O) groups is 2. The molecule has 1 N–H and O–H groups in total. The third-order valence-corrected chi connectivity index (χ3v) is 7.46. The molecule has 1 aromatic carbocycles. The van der Waals surface area contributed by atoms with Gasteiger partial charge in [-0.15, -0.1) is 21.5 Å². The maximum absolute atomic E-state index is 14.0. The fourth-order valence-electron chi connectivity index (χ4n) is 4.72. The van der Waals surface area contributed by atoms with Crippen LogP contribution < -0.4 is 10.2 Å². The second-order valence-electron chi connectivity index (χ2n) is 9.35. The molecule has 0 saturated heterocycles. The highest BCUT2D eigenvalue weighted by molar-refractivity contribution is 7.13. The van der Waals surface area contributed by atoms with Gasteiger partial charge in [0.1, 0.15) is 12.6 Å². The molecule has 4 aromatic rings. The monoisotopic (exact) mass is 515 g/mol. The van der Waals surface area contributed by atoms with Gasteiger partial charge in [0.2, 0.25) is 11.7 Å². The second kappa shape index (κ2) is 11.0. The second-order valence-corrected chi connectivity index (χ2v) is 10.3. The SMILES string of the molecule is Cc1ccc(C)c(N(C(=O)Cn2nnc(-c3cccs3)n2)[C@H](C(=O)NC2CCCC2)c2ccncc2)c1. The van der Waals surface area contributed by atoms with Crippen LogP contribution in [0.4, 0.5) is 5.69 Å². The summed E-state index contributed by atoms with van der Waals surface area (Å²) >= 11 is 1.50. The van der Waals surface area contributed by atoms with Crippen LogP contribution in [0.3, 0.4) is 0 Å². The van der Waals surface area contributed by atoms with Gasteiger partial charge in [-0.3, -0.25) is 19.5 Å². The normalized spacial score (nSPS) is 14.4. The molecule has 1 saturated carbocycles. The Kier molecular flexibility index (Phi) is 7.36. The molecule has 37 heavy (non-hydrogen) atoms. The van der Waals surface area contributed by atoms with Crippen LogP contribution in [0.5, 0.6) is 0 Å². The van der Waals surface area contributed by atoms with E-state index in [1.165, 1.54) is 16.1 Å². The van der Waals surface area contributed by atoms with Crippen LogP contribution in [0.15, 0.2) is 60.2 Å². The number of hydrogen-bond donors (Lipinski definition) is 1. The summed E-state index contributed by atoms with van der Waals surface area (Å²) in [6.07, 6.45) is 7.36. The standard InChI is InChI=1S/C27H29N7O2S/c1-18-9-10-19(2)22(16-18)34(24(35)17-33-31-26(30-32-33)23-8-5-15-37-23)25(20-11-13-28-14-12-20)27(36)29-21-6-3-4-7-21/h5,8-16,21,25H,3-4,6-7,17H2,1-2H3,(H,29,36)/t25-/m0/s1. The van der Waals surface area contributed by atoms with Gasteiger partial charge in [-0.2, -0.15) is 4.80 Å². The maximum Gasteiger partial charge on any atom is 0.251 e. The van der Waals surface area contributed by atoms with E-state index in [0.29, 0.717) is 17.1 Å². The van der Waals surface area contributed by atoms with Gasteiger partial charge >= 0.3 is 0 Å². The molecule has 9 nitrogen and oxygen atoms in total. The zero-order valence-electron chi connectivity index (χ0n) is 20.9. The number of hydrogen-bond acceptors (Lipinski definition) is 7. The van der Waals surface area contributed by atoms with Crippen molar-refractivity contribution in [3.05, 3.63) is 76.9 Å². The molecule has 5 rings (SSSR count). The minimum absolute atomic E-state index is 0.109. The molecule has 1 fully saturated rings. The quantitative estimate of drug-likeness (QED) is 0.376. The first-order valence-electron chi connectivity index (χ1n) is 12.4. The molecule has 0 spiro atoms. The largest absolute Gasteiger partial charge is 0.351 e. The van der Waals surface area contributed by atoms with E-state index >= 15 is 0 Å². The highest BCUT2D eigenvalue weighted by Gasteiger charge is 2.35. The zero-order valence-corrected chi connectivity index (χ0v) is 21.7. The number of anilines is 1. The molecular weight excluding hydrogens is 486 g/mol. The highest BCUT2D eigenvalue weighted by Crippen LogP contribution is 2.32. The Morgan fingerprint density at radius 3 is 2.65 bits per heavy atom. The van der Waals surface area contributed by atoms with E-state index < -0.39 is 6.04 Å². The number of carbonyl (C=O) groups excluding carboxylic acids is 2. The molecule has 10 heteroatoms. The lowest BCUT2D eigenvalue weighted by atomic mass is 10.0. The first kappa shape index (κ1) is 24.8. The van der Waals surface area contributed by atoms with Gasteiger partial charge in [0.05, 0.1) is 4.88 Å². The van der Waals surface area contributed by atoms with E-state index in [2.05, 4.69) is 25.7 Å². The fourth-order valence-corrected chi connectivity index (χ4v) is 5.37. The molecule has 2 amide bonds. The number of amides is 2. The summed E-state index contributed by atoms with van der Waals surface area (Å²) in [5, 5.41) is 17.8. The number of nitrogens with zero attached hydrogens (tertiary/aromatic N) is 6. The van der Waals surface area contributed by atoms with Crippen molar-refractivity contribution in [1.82, 2.24) is 30.5 Å². The molecular formula is C27H29N7O2S. The molecule has 0 radical (unpaired) electrons. The van der Waals surface area contributed by atoms with E-state index in [9.17, 15) is 9.59 Å². The van der Waals surface area contributed by atoms with Crippen molar-refractivity contribution >= 4 is 28.8 Å². The number of pyridine rings is 1. The molecule has 0 aliphatic heterocycles. The summed E-state index contributed by atoms with van der Waals surface area (Å²) in [6.45, 7) is 3.75. The first-order chi connectivity index (χ1) is 18.0. The van der Waals surface area contributed by atoms with E-state index in [4.69, 9.17) is 0 Å².